The molecular weight excluding hydrogens is 486 g/mol. The highest BCUT2D eigenvalue weighted by Crippen LogP contribution is 2.25. The zero-order chi connectivity index (χ0) is 28.6. The van der Waals surface area contributed by atoms with Crippen LogP contribution >= 0.6 is 0 Å². The number of primary amides is 1. The molecule has 2 aromatic carbocycles. The van der Waals surface area contributed by atoms with E-state index in [1.807, 2.05) is 44.2 Å². The van der Waals surface area contributed by atoms with Crippen molar-refractivity contribution in [2.75, 3.05) is 0 Å². The third kappa shape index (κ3) is 7.77. The number of fused-ring (bicyclic) bond motifs is 1. The topological polar surface area (TPSA) is 159 Å². The summed E-state index contributed by atoms with van der Waals surface area (Å²) in [5.41, 5.74) is 5.86. The van der Waals surface area contributed by atoms with Gasteiger partial charge in [-0.15, -0.1) is 0 Å². The molecule has 0 bridgehead atoms. The van der Waals surface area contributed by atoms with Crippen LogP contribution in [0.25, 0.3) is 10.8 Å². The fraction of sp³-hybridized carbons (Fsp3) is 0.464. The first-order valence-electron chi connectivity index (χ1n) is 12.8. The highest BCUT2D eigenvalue weighted by atomic mass is 16.2. The van der Waals surface area contributed by atoms with Crippen LogP contribution < -0.4 is 27.0 Å². The molecule has 0 heterocycles. The zero-order valence-electron chi connectivity index (χ0n) is 22.8. The van der Waals surface area contributed by atoms with Crippen LogP contribution in [-0.2, 0) is 24.0 Å². The highest BCUT2D eigenvalue weighted by molar-refractivity contribution is 5.98. The number of hydrogen-bond acceptors (Lipinski definition) is 5. The fourth-order valence-corrected chi connectivity index (χ4v) is 4.09. The fourth-order valence-electron chi connectivity index (χ4n) is 4.09. The van der Waals surface area contributed by atoms with Gasteiger partial charge in [-0.3, -0.25) is 24.0 Å². The summed E-state index contributed by atoms with van der Waals surface area (Å²) in [5.74, 6) is -3.27. The summed E-state index contributed by atoms with van der Waals surface area (Å²) >= 11 is 0. The summed E-state index contributed by atoms with van der Waals surface area (Å²) in [6.45, 7) is 10.1. The first kappa shape index (κ1) is 30.3. The number of carbonyl (C=O) groups excluding carboxylic acids is 5. The van der Waals surface area contributed by atoms with Crippen molar-refractivity contribution in [2.45, 2.75) is 72.1 Å². The molecule has 0 saturated heterocycles. The average molecular weight is 526 g/mol. The van der Waals surface area contributed by atoms with E-state index in [0.29, 0.717) is 12.0 Å². The van der Waals surface area contributed by atoms with Crippen LogP contribution in [0.4, 0.5) is 0 Å². The summed E-state index contributed by atoms with van der Waals surface area (Å²) in [7, 11) is 0. The van der Waals surface area contributed by atoms with E-state index in [2.05, 4.69) is 21.3 Å². The summed E-state index contributed by atoms with van der Waals surface area (Å²) < 4.78 is 0. The van der Waals surface area contributed by atoms with Gasteiger partial charge in [-0.2, -0.15) is 0 Å². The van der Waals surface area contributed by atoms with Gasteiger partial charge in [-0.05, 0) is 35.1 Å². The van der Waals surface area contributed by atoms with E-state index in [1.54, 1.807) is 26.0 Å². The van der Waals surface area contributed by atoms with Crippen molar-refractivity contribution < 1.29 is 24.0 Å². The van der Waals surface area contributed by atoms with Crippen molar-refractivity contribution in [3.8, 4) is 0 Å². The van der Waals surface area contributed by atoms with Crippen LogP contribution in [0.1, 0.15) is 59.6 Å². The molecule has 10 heteroatoms. The summed E-state index contributed by atoms with van der Waals surface area (Å²) in [6, 6.07) is 8.83. The average Bonchev–Trinajstić information content (AvgIpc) is 2.87. The standard InChI is InChI=1S/C28H39N5O5/c1-7-16(4)23(31-18(6)34)27(37)32-22(15(2)3)26(36)33-24(28(38)30-17(5)25(29)35)21-14-10-12-19-11-8-9-13-20(19)21/h8-17,22-24H,7H2,1-6H3,(H2,29,35)(H,30,38)(H,31,34)(H,32,37)(H,33,36)/t16-,17?,22-,23-,24?/m0/s1. The Hall–Kier alpha value is -3.95. The Bertz CT molecular complexity index is 1180. The number of nitrogens with two attached hydrogens (primary N) is 1. The van der Waals surface area contributed by atoms with Crippen molar-refractivity contribution in [1.29, 1.82) is 0 Å². The molecular formula is C28H39N5O5. The lowest BCUT2D eigenvalue weighted by atomic mass is 9.95. The predicted octanol–water partition coefficient (Wildman–Crippen LogP) is 1.68. The minimum Gasteiger partial charge on any atom is -0.368 e. The molecule has 0 aliphatic carbocycles. The molecule has 206 valence electrons. The Morgan fingerprint density at radius 3 is 1.95 bits per heavy atom. The lowest BCUT2D eigenvalue weighted by Gasteiger charge is -2.29. The van der Waals surface area contributed by atoms with Crippen LogP contribution in [-0.4, -0.2) is 47.7 Å². The van der Waals surface area contributed by atoms with Crippen molar-refractivity contribution in [1.82, 2.24) is 21.3 Å². The number of nitrogens with one attached hydrogen (secondary N) is 4. The number of hydrogen-bond donors (Lipinski definition) is 5. The van der Waals surface area contributed by atoms with E-state index in [0.717, 1.165) is 10.8 Å². The summed E-state index contributed by atoms with van der Waals surface area (Å²) in [4.78, 5) is 63.4. The van der Waals surface area contributed by atoms with E-state index in [4.69, 9.17) is 5.73 Å². The molecule has 0 spiro atoms. The Morgan fingerprint density at radius 2 is 1.37 bits per heavy atom. The Balaban J connectivity index is 2.42. The third-order valence-electron chi connectivity index (χ3n) is 6.57. The molecule has 2 rings (SSSR count). The number of amides is 5. The van der Waals surface area contributed by atoms with E-state index >= 15 is 0 Å². The maximum absolute atomic E-state index is 13.6. The van der Waals surface area contributed by atoms with Gasteiger partial charge in [-0.25, -0.2) is 0 Å². The van der Waals surface area contributed by atoms with Gasteiger partial charge in [-0.1, -0.05) is 76.6 Å². The quantitative estimate of drug-likeness (QED) is 0.285. The van der Waals surface area contributed by atoms with Gasteiger partial charge in [0.2, 0.25) is 29.5 Å². The Labute approximate surface area is 223 Å². The summed E-state index contributed by atoms with van der Waals surface area (Å²) in [6.07, 6.45) is 0.637. The molecule has 0 saturated carbocycles. The molecule has 0 aliphatic heterocycles. The molecule has 0 aromatic heterocycles. The van der Waals surface area contributed by atoms with Crippen molar-refractivity contribution >= 4 is 40.3 Å². The second-order valence-corrected chi connectivity index (χ2v) is 9.94. The molecule has 0 radical (unpaired) electrons. The number of carbonyl (C=O) groups is 5. The normalized spacial score (nSPS) is 15.0. The van der Waals surface area contributed by atoms with Gasteiger partial charge < -0.3 is 27.0 Å². The maximum Gasteiger partial charge on any atom is 0.247 e. The van der Waals surface area contributed by atoms with E-state index < -0.39 is 47.8 Å². The second kappa shape index (κ2) is 13.6. The largest absolute Gasteiger partial charge is 0.368 e. The Kier molecular flexibility index (Phi) is 10.8. The van der Waals surface area contributed by atoms with Gasteiger partial charge in [0, 0.05) is 6.92 Å². The predicted molar refractivity (Wildman–Crippen MR) is 145 cm³/mol. The molecule has 2 unspecified atom stereocenters. The van der Waals surface area contributed by atoms with Crippen LogP contribution in [0.3, 0.4) is 0 Å². The van der Waals surface area contributed by atoms with Gasteiger partial charge in [0.1, 0.15) is 24.2 Å². The van der Waals surface area contributed by atoms with Crippen LogP contribution in [0.2, 0.25) is 0 Å². The maximum atomic E-state index is 13.6. The smallest absolute Gasteiger partial charge is 0.247 e. The molecule has 5 amide bonds. The zero-order valence-corrected chi connectivity index (χ0v) is 22.8. The lowest BCUT2D eigenvalue weighted by Crippen LogP contribution is -2.58. The van der Waals surface area contributed by atoms with Gasteiger partial charge >= 0.3 is 0 Å². The van der Waals surface area contributed by atoms with Crippen LogP contribution in [0, 0.1) is 11.8 Å². The molecule has 5 atom stereocenters. The van der Waals surface area contributed by atoms with Crippen LogP contribution in [0.5, 0.6) is 0 Å². The number of rotatable bonds is 12. The molecule has 38 heavy (non-hydrogen) atoms. The molecule has 0 aliphatic rings. The minimum absolute atomic E-state index is 0.167. The molecule has 0 fully saturated rings. The lowest BCUT2D eigenvalue weighted by molar-refractivity contribution is -0.135. The monoisotopic (exact) mass is 525 g/mol. The van der Waals surface area contributed by atoms with Gasteiger partial charge in [0.15, 0.2) is 0 Å². The van der Waals surface area contributed by atoms with Crippen molar-refractivity contribution in [2.24, 2.45) is 17.6 Å². The summed E-state index contributed by atoms with van der Waals surface area (Å²) in [5, 5.41) is 12.4. The van der Waals surface area contributed by atoms with Gasteiger partial charge in [0.05, 0.1) is 0 Å². The first-order chi connectivity index (χ1) is 17.9. The van der Waals surface area contributed by atoms with Crippen molar-refractivity contribution in [3.63, 3.8) is 0 Å². The van der Waals surface area contributed by atoms with E-state index in [9.17, 15) is 24.0 Å². The first-order valence-corrected chi connectivity index (χ1v) is 12.8. The number of benzene rings is 2. The third-order valence-corrected chi connectivity index (χ3v) is 6.57. The van der Waals surface area contributed by atoms with E-state index in [-0.39, 0.29) is 17.7 Å². The molecule has 10 nitrogen and oxygen atoms in total. The minimum atomic E-state index is -1.17. The van der Waals surface area contributed by atoms with Gasteiger partial charge in [0.25, 0.3) is 0 Å². The van der Waals surface area contributed by atoms with E-state index in [1.165, 1.54) is 13.8 Å². The second-order valence-electron chi connectivity index (χ2n) is 9.94. The molecule has 2 aromatic rings. The Morgan fingerprint density at radius 1 is 0.763 bits per heavy atom. The van der Waals surface area contributed by atoms with Crippen molar-refractivity contribution in [3.05, 3.63) is 48.0 Å². The SMILES string of the molecule is CC[C@H](C)[C@H](NC(C)=O)C(=O)N[C@H](C(=O)NC(C(=O)NC(C)C(N)=O)c1cccc2ccccc12)C(C)C. The van der Waals surface area contributed by atoms with Crippen LogP contribution in [0.15, 0.2) is 42.5 Å². The highest BCUT2D eigenvalue weighted by Gasteiger charge is 2.34. The molecule has 6 N–H and O–H groups in total.